The number of rotatable bonds is 5. The van der Waals surface area contributed by atoms with Crippen LogP contribution >= 0.6 is 7.60 Å². The van der Waals surface area contributed by atoms with Gasteiger partial charge in [-0.25, -0.2) is 0 Å². The van der Waals surface area contributed by atoms with E-state index in [1.807, 2.05) is 54.6 Å². The molecule has 0 heterocycles. The fourth-order valence-electron chi connectivity index (χ4n) is 2.68. The second-order valence-electron chi connectivity index (χ2n) is 5.40. The topological polar surface area (TPSA) is 46.5 Å². The molecule has 0 aromatic heterocycles. The molecular weight excluding hydrogens is 319 g/mol. The zero-order valence-corrected chi connectivity index (χ0v) is 14.3. The molecule has 1 N–H and O–H groups in total. The fourth-order valence-corrected chi connectivity index (χ4v) is 3.95. The first-order valence-corrected chi connectivity index (χ1v) is 9.42. The largest absolute Gasteiger partial charge is 0.359 e. The lowest BCUT2D eigenvalue weighted by atomic mass is 10.0. The van der Waals surface area contributed by atoms with Crippen LogP contribution in [-0.4, -0.2) is 11.5 Å². The lowest BCUT2D eigenvalue weighted by Gasteiger charge is -2.15. The van der Waals surface area contributed by atoms with Crippen molar-refractivity contribution in [1.82, 2.24) is 0 Å². The highest BCUT2D eigenvalue weighted by Crippen LogP contribution is 2.43. The maximum Gasteiger partial charge on any atom is 0.359 e. The van der Waals surface area contributed by atoms with E-state index in [2.05, 4.69) is 12.1 Å². The average molecular weight is 338 g/mol. The van der Waals surface area contributed by atoms with Crippen molar-refractivity contribution in [1.29, 1.82) is 0 Å². The number of hydrogen-bond donors (Lipinski definition) is 1. The van der Waals surface area contributed by atoms with E-state index < -0.39 is 7.60 Å². The normalized spacial score (nSPS) is 13.4. The molecule has 0 fully saturated rings. The molecule has 4 heteroatoms. The van der Waals surface area contributed by atoms with E-state index in [-0.39, 0.29) is 6.61 Å². The smallest absolute Gasteiger partial charge is 0.321 e. The Balaban J connectivity index is 2.00. The van der Waals surface area contributed by atoms with Gasteiger partial charge in [0.25, 0.3) is 0 Å². The molecule has 0 saturated carbocycles. The third-order valence-corrected chi connectivity index (χ3v) is 5.42. The summed E-state index contributed by atoms with van der Waals surface area (Å²) in [6, 6.07) is 25.2. The third kappa shape index (κ3) is 3.49. The van der Waals surface area contributed by atoms with E-state index in [0.29, 0.717) is 5.30 Å². The van der Waals surface area contributed by atoms with E-state index in [1.165, 1.54) is 0 Å². The molecule has 3 rings (SSSR count). The Morgan fingerprint density at radius 1 is 0.792 bits per heavy atom. The highest BCUT2D eigenvalue weighted by atomic mass is 31.2. The van der Waals surface area contributed by atoms with Crippen LogP contribution in [0.4, 0.5) is 0 Å². The summed E-state index contributed by atoms with van der Waals surface area (Å²) in [7, 11) is -3.82. The maximum absolute atomic E-state index is 12.4. The van der Waals surface area contributed by atoms with Crippen LogP contribution in [0.1, 0.15) is 6.92 Å². The van der Waals surface area contributed by atoms with Gasteiger partial charge in [0.2, 0.25) is 0 Å². The molecule has 1 unspecified atom stereocenters. The molecular formula is C20H19O3P. The highest BCUT2D eigenvalue weighted by molar-refractivity contribution is 7.61. The standard InChI is InChI=1S/C20H19O3P/c1-2-23-24(21,22)20-11-7-6-10-19(20)18-14-12-17(13-15-18)16-8-4-3-5-9-16/h3-15H,2H2,1H3,(H,21,22). The summed E-state index contributed by atoms with van der Waals surface area (Å²) in [5.74, 6) is 0. The van der Waals surface area contributed by atoms with Gasteiger partial charge in [0.1, 0.15) is 0 Å². The van der Waals surface area contributed by atoms with Gasteiger partial charge in [-0.05, 0) is 35.2 Å². The highest BCUT2D eigenvalue weighted by Gasteiger charge is 2.25. The Hall–Kier alpha value is -2.19. The average Bonchev–Trinajstić information content (AvgIpc) is 2.63. The van der Waals surface area contributed by atoms with Crippen molar-refractivity contribution in [2.75, 3.05) is 6.61 Å². The first-order chi connectivity index (χ1) is 11.6. The second-order valence-corrected chi connectivity index (χ2v) is 7.18. The van der Waals surface area contributed by atoms with Crippen LogP contribution in [0.5, 0.6) is 0 Å². The Morgan fingerprint density at radius 2 is 1.33 bits per heavy atom. The van der Waals surface area contributed by atoms with Gasteiger partial charge in [-0.2, -0.15) is 0 Å². The molecule has 0 aliphatic carbocycles. The van der Waals surface area contributed by atoms with Gasteiger partial charge in [-0.15, -0.1) is 0 Å². The minimum absolute atomic E-state index is 0.190. The van der Waals surface area contributed by atoms with Crippen molar-refractivity contribution in [3.8, 4) is 22.3 Å². The van der Waals surface area contributed by atoms with Crippen molar-refractivity contribution < 1.29 is 14.0 Å². The molecule has 0 aliphatic rings. The Morgan fingerprint density at radius 3 is 2.00 bits per heavy atom. The summed E-state index contributed by atoms with van der Waals surface area (Å²) in [5.41, 5.74) is 3.85. The molecule has 0 saturated heterocycles. The summed E-state index contributed by atoms with van der Waals surface area (Å²) in [6.07, 6.45) is 0. The lowest BCUT2D eigenvalue weighted by Crippen LogP contribution is -2.10. The van der Waals surface area contributed by atoms with Crippen molar-refractivity contribution >= 4 is 12.9 Å². The summed E-state index contributed by atoms with van der Waals surface area (Å²) in [5, 5.41) is 0.333. The minimum Gasteiger partial charge on any atom is -0.321 e. The summed E-state index contributed by atoms with van der Waals surface area (Å²) >= 11 is 0. The third-order valence-electron chi connectivity index (χ3n) is 3.82. The van der Waals surface area contributed by atoms with Crippen molar-refractivity contribution in [2.24, 2.45) is 0 Å². The molecule has 3 aromatic rings. The molecule has 122 valence electrons. The van der Waals surface area contributed by atoms with Crippen molar-refractivity contribution in [3.63, 3.8) is 0 Å². The SMILES string of the molecule is CCOP(=O)(O)c1ccccc1-c1ccc(-c2ccccc2)cc1. The van der Waals surface area contributed by atoms with E-state index in [9.17, 15) is 9.46 Å². The van der Waals surface area contributed by atoms with Crippen LogP contribution in [0.2, 0.25) is 0 Å². The minimum atomic E-state index is -3.82. The van der Waals surface area contributed by atoms with E-state index in [0.717, 1.165) is 22.3 Å². The molecule has 1 atom stereocenters. The van der Waals surface area contributed by atoms with Crippen LogP contribution in [-0.2, 0) is 9.09 Å². The van der Waals surface area contributed by atoms with Crippen LogP contribution in [0, 0.1) is 0 Å². The van der Waals surface area contributed by atoms with Crippen LogP contribution in [0.15, 0.2) is 78.9 Å². The maximum atomic E-state index is 12.4. The van der Waals surface area contributed by atoms with Crippen LogP contribution < -0.4 is 5.30 Å². The molecule has 0 radical (unpaired) electrons. The van der Waals surface area contributed by atoms with Gasteiger partial charge in [0, 0.05) is 0 Å². The monoisotopic (exact) mass is 338 g/mol. The first-order valence-electron chi connectivity index (χ1n) is 7.84. The van der Waals surface area contributed by atoms with E-state index >= 15 is 0 Å². The molecule has 24 heavy (non-hydrogen) atoms. The van der Waals surface area contributed by atoms with Gasteiger partial charge in [0.15, 0.2) is 0 Å². The summed E-state index contributed by atoms with van der Waals surface area (Å²) in [4.78, 5) is 10.2. The fraction of sp³-hybridized carbons (Fsp3) is 0.100. The zero-order valence-electron chi connectivity index (χ0n) is 13.4. The van der Waals surface area contributed by atoms with Gasteiger partial charge in [0.05, 0.1) is 11.9 Å². The molecule has 3 nitrogen and oxygen atoms in total. The molecule has 0 amide bonds. The quantitative estimate of drug-likeness (QED) is 0.675. The predicted octanol–water partition coefficient (Wildman–Crippen LogP) is 4.87. The van der Waals surface area contributed by atoms with Gasteiger partial charge in [-0.3, -0.25) is 4.57 Å². The molecule has 0 spiro atoms. The first kappa shape index (κ1) is 16.7. The lowest BCUT2D eigenvalue weighted by molar-refractivity contribution is 0.284. The second kappa shape index (κ2) is 7.14. The van der Waals surface area contributed by atoms with E-state index in [1.54, 1.807) is 19.1 Å². The predicted molar refractivity (Wildman–Crippen MR) is 98.4 cm³/mol. The Labute approximate surface area is 142 Å². The van der Waals surface area contributed by atoms with Crippen LogP contribution in [0.25, 0.3) is 22.3 Å². The summed E-state index contributed by atoms with van der Waals surface area (Å²) < 4.78 is 17.5. The Bertz CT molecular complexity index is 858. The molecule has 0 aliphatic heterocycles. The zero-order chi connectivity index (χ0) is 17.0. The van der Waals surface area contributed by atoms with Crippen LogP contribution in [0.3, 0.4) is 0 Å². The van der Waals surface area contributed by atoms with Gasteiger partial charge in [-0.1, -0.05) is 72.8 Å². The molecule has 0 bridgehead atoms. The number of hydrogen-bond acceptors (Lipinski definition) is 2. The van der Waals surface area contributed by atoms with Gasteiger partial charge >= 0.3 is 7.60 Å². The summed E-state index contributed by atoms with van der Waals surface area (Å²) in [6.45, 7) is 1.90. The van der Waals surface area contributed by atoms with E-state index in [4.69, 9.17) is 4.52 Å². The van der Waals surface area contributed by atoms with Crippen molar-refractivity contribution in [2.45, 2.75) is 6.92 Å². The Kier molecular flexibility index (Phi) is 4.96. The van der Waals surface area contributed by atoms with Gasteiger partial charge < -0.3 is 9.42 Å². The number of benzene rings is 3. The van der Waals surface area contributed by atoms with Crippen molar-refractivity contribution in [3.05, 3.63) is 78.9 Å². The molecule has 3 aromatic carbocycles.